The first-order chi connectivity index (χ1) is 7.65. The first-order valence-electron chi connectivity index (χ1n) is 5.41. The lowest BCUT2D eigenvalue weighted by atomic mass is 10.1. The predicted molar refractivity (Wildman–Crippen MR) is 66.9 cm³/mol. The molecule has 0 radical (unpaired) electrons. The highest BCUT2D eigenvalue weighted by molar-refractivity contribution is 6.20. The molecule has 0 bridgehead atoms. The van der Waals surface area contributed by atoms with Crippen molar-refractivity contribution in [1.82, 2.24) is 0 Å². The zero-order valence-corrected chi connectivity index (χ0v) is 10.3. The standard InChI is InChI=1S/C14H15ClO/c1-10-4-3-5-12(8-10)9-13(15)14-7-6-11(2)16-14/h3-8,13H,9H2,1-2H3. The zero-order chi connectivity index (χ0) is 11.5. The SMILES string of the molecule is Cc1cccc(CC(Cl)c2ccc(C)o2)c1. The van der Waals surface area contributed by atoms with Crippen LogP contribution in [0.2, 0.25) is 0 Å². The second-order valence-electron chi connectivity index (χ2n) is 4.11. The maximum atomic E-state index is 6.31. The van der Waals surface area contributed by atoms with E-state index in [0.29, 0.717) is 0 Å². The molecule has 0 saturated heterocycles. The molecule has 16 heavy (non-hydrogen) atoms. The Labute approximate surface area is 101 Å². The van der Waals surface area contributed by atoms with Gasteiger partial charge in [0.15, 0.2) is 0 Å². The van der Waals surface area contributed by atoms with Crippen molar-refractivity contribution in [3.05, 3.63) is 59.0 Å². The van der Waals surface area contributed by atoms with Crippen LogP contribution < -0.4 is 0 Å². The second-order valence-corrected chi connectivity index (χ2v) is 4.64. The molecular formula is C14H15ClO. The van der Waals surface area contributed by atoms with Gasteiger partial charge in [0.2, 0.25) is 0 Å². The van der Waals surface area contributed by atoms with Gasteiger partial charge >= 0.3 is 0 Å². The summed E-state index contributed by atoms with van der Waals surface area (Å²) in [6.07, 6.45) is 0.802. The van der Waals surface area contributed by atoms with Gasteiger partial charge in [-0.2, -0.15) is 0 Å². The minimum atomic E-state index is -0.0875. The number of hydrogen-bond donors (Lipinski definition) is 0. The predicted octanol–water partition coefficient (Wildman–Crippen LogP) is 4.42. The van der Waals surface area contributed by atoms with Crippen molar-refractivity contribution in [2.75, 3.05) is 0 Å². The van der Waals surface area contributed by atoms with E-state index in [9.17, 15) is 0 Å². The van der Waals surface area contributed by atoms with Gasteiger partial charge < -0.3 is 4.42 Å². The van der Waals surface area contributed by atoms with E-state index in [1.54, 1.807) is 0 Å². The van der Waals surface area contributed by atoms with Crippen LogP contribution >= 0.6 is 11.6 Å². The van der Waals surface area contributed by atoms with Gasteiger partial charge in [0.05, 0.1) is 5.38 Å². The lowest BCUT2D eigenvalue weighted by Crippen LogP contribution is -1.94. The highest BCUT2D eigenvalue weighted by Gasteiger charge is 2.12. The molecule has 84 valence electrons. The minimum absolute atomic E-state index is 0.0875. The van der Waals surface area contributed by atoms with Crippen LogP contribution in [0.4, 0.5) is 0 Å². The monoisotopic (exact) mass is 234 g/mol. The molecule has 0 fully saturated rings. The molecule has 0 spiro atoms. The summed E-state index contributed by atoms with van der Waals surface area (Å²) in [5.74, 6) is 1.76. The Morgan fingerprint density at radius 3 is 2.62 bits per heavy atom. The van der Waals surface area contributed by atoms with Crippen LogP contribution in [0.15, 0.2) is 40.8 Å². The normalized spacial score (nSPS) is 12.7. The van der Waals surface area contributed by atoms with Crippen molar-refractivity contribution in [2.45, 2.75) is 25.6 Å². The molecule has 0 N–H and O–H groups in total. The molecule has 2 aromatic rings. The van der Waals surface area contributed by atoms with Crippen LogP contribution in [0, 0.1) is 13.8 Å². The number of aryl methyl sites for hydroxylation is 2. The molecule has 1 nitrogen and oxygen atoms in total. The molecule has 0 aliphatic rings. The Kier molecular flexibility index (Phi) is 3.35. The summed E-state index contributed by atoms with van der Waals surface area (Å²) in [6.45, 7) is 4.02. The van der Waals surface area contributed by atoms with Crippen molar-refractivity contribution in [3.8, 4) is 0 Å². The van der Waals surface area contributed by atoms with Crippen LogP contribution in [0.1, 0.15) is 28.0 Å². The lowest BCUT2D eigenvalue weighted by molar-refractivity contribution is 0.477. The Morgan fingerprint density at radius 1 is 1.19 bits per heavy atom. The fourth-order valence-electron chi connectivity index (χ4n) is 1.77. The van der Waals surface area contributed by atoms with E-state index in [0.717, 1.165) is 17.9 Å². The number of furan rings is 1. The first-order valence-corrected chi connectivity index (χ1v) is 5.85. The van der Waals surface area contributed by atoms with Crippen molar-refractivity contribution in [3.63, 3.8) is 0 Å². The van der Waals surface area contributed by atoms with Crippen LogP contribution in [0.3, 0.4) is 0 Å². The Bertz CT molecular complexity index is 473. The van der Waals surface area contributed by atoms with Gasteiger partial charge in [0.1, 0.15) is 11.5 Å². The van der Waals surface area contributed by atoms with E-state index in [2.05, 4.69) is 31.2 Å². The minimum Gasteiger partial charge on any atom is -0.465 e. The fraction of sp³-hybridized carbons (Fsp3) is 0.286. The summed E-state index contributed by atoms with van der Waals surface area (Å²) >= 11 is 6.31. The lowest BCUT2D eigenvalue weighted by Gasteiger charge is -2.07. The zero-order valence-electron chi connectivity index (χ0n) is 9.53. The molecule has 1 atom stereocenters. The highest BCUT2D eigenvalue weighted by Crippen LogP contribution is 2.26. The van der Waals surface area contributed by atoms with Crippen LogP contribution in [0.5, 0.6) is 0 Å². The van der Waals surface area contributed by atoms with Crippen molar-refractivity contribution in [1.29, 1.82) is 0 Å². The third-order valence-electron chi connectivity index (χ3n) is 2.57. The third kappa shape index (κ3) is 2.67. The number of benzene rings is 1. The largest absolute Gasteiger partial charge is 0.465 e. The van der Waals surface area contributed by atoms with E-state index in [1.807, 2.05) is 19.1 Å². The van der Waals surface area contributed by atoms with Crippen LogP contribution in [-0.4, -0.2) is 0 Å². The van der Waals surface area contributed by atoms with Crippen LogP contribution in [-0.2, 0) is 6.42 Å². The molecule has 1 heterocycles. The van der Waals surface area contributed by atoms with Crippen LogP contribution in [0.25, 0.3) is 0 Å². The van der Waals surface area contributed by atoms with E-state index in [-0.39, 0.29) is 5.38 Å². The molecule has 2 rings (SSSR count). The third-order valence-corrected chi connectivity index (χ3v) is 2.94. The van der Waals surface area contributed by atoms with Gasteiger partial charge in [0, 0.05) is 0 Å². The molecule has 0 amide bonds. The first kappa shape index (κ1) is 11.3. The Hall–Kier alpha value is -1.21. The van der Waals surface area contributed by atoms with E-state index in [1.165, 1.54) is 11.1 Å². The Balaban J connectivity index is 2.10. The number of alkyl halides is 1. The van der Waals surface area contributed by atoms with Gasteiger partial charge in [-0.25, -0.2) is 0 Å². The molecule has 1 aromatic carbocycles. The molecule has 0 aliphatic heterocycles. The highest BCUT2D eigenvalue weighted by atomic mass is 35.5. The molecule has 1 unspecified atom stereocenters. The average Bonchev–Trinajstić information content (AvgIpc) is 2.65. The second kappa shape index (κ2) is 4.75. The van der Waals surface area contributed by atoms with Gasteiger partial charge in [-0.3, -0.25) is 0 Å². The fourth-order valence-corrected chi connectivity index (χ4v) is 2.06. The summed E-state index contributed by atoms with van der Waals surface area (Å²) in [5, 5.41) is -0.0875. The van der Waals surface area contributed by atoms with Crippen molar-refractivity contribution < 1.29 is 4.42 Å². The van der Waals surface area contributed by atoms with Crippen molar-refractivity contribution >= 4 is 11.6 Å². The van der Waals surface area contributed by atoms with E-state index >= 15 is 0 Å². The maximum absolute atomic E-state index is 6.31. The topological polar surface area (TPSA) is 13.1 Å². The van der Waals surface area contributed by atoms with Gasteiger partial charge in [-0.05, 0) is 38.0 Å². The number of rotatable bonds is 3. The summed E-state index contributed by atoms with van der Waals surface area (Å²) in [5.41, 5.74) is 2.51. The molecule has 0 aliphatic carbocycles. The number of halogens is 1. The van der Waals surface area contributed by atoms with E-state index < -0.39 is 0 Å². The summed E-state index contributed by atoms with van der Waals surface area (Å²) in [4.78, 5) is 0. The summed E-state index contributed by atoms with van der Waals surface area (Å²) < 4.78 is 5.52. The Morgan fingerprint density at radius 2 is 2.00 bits per heavy atom. The van der Waals surface area contributed by atoms with Crippen molar-refractivity contribution in [2.24, 2.45) is 0 Å². The summed E-state index contributed by atoms with van der Waals surface area (Å²) in [7, 11) is 0. The summed E-state index contributed by atoms with van der Waals surface area (Å²) in [6, 6.07) is 12.3. The molecule has 1 aromatic heterocycles. The van der Waals surface area contributed by atoms with Gasteiger partial charge in [-0.1, -0.05) is 29.8 Å². The quantitative estimate of drug-likeness (QED) is 0.717. The molecule has 0 saturated carbocycles. The smallest absolute Gasteiger partial charge is 0.122 e. The van der Waals surface area contributed by atoms with E-state index in [4.69, 9.17) is 16.0 Å². The molecule has 2 heteroatoms. The van der Waals surface area contributed by atoms with Gasteiger partial charge in [0.25, 0.3) is 0 Å². The maximum Gasteiger partial charge on any atom is 0.122 e. The number of hydrogen-bond acceptors (Lipinski definition) is 1. The van der Waals surface area contributed by atoms with Gasteiger partial charge in [-0.15, -0.1) is 11.6 Å². The average molecular weight is 235 g/mol. The molecular weight excluding hydrogens is 220 g/mol.